The zero-order valence-electron chi connectivity index (χ0n) is 17.1. The quantitative estimate of drug-likeness (QED) is 0.533. The maximum atomic E-state index is 12.2. The minimum absolute atomic E-state index is 0.0966. The van der Waals surface area contributed by atoms with Crippen LogP contribution in [0.5, 0.6) is 0 Å². The van der Waals surface area contributed by atoms with E-state index in [9.17, 15) is 13.2 Å². The molecule has 2 aromatic rings. The van der Waals surface area contributed by atoms with Crippen molar-refractivity contribution in [3.8, 4) is 0 Å². The number of nitrogens with zero attached hydrogens (tertiary/aromatic N) is 2. The van der Waals surface area contributed by atoms with E-state index in [1.807, 2.05) is 26.8 Å². The lowest BCUT2D eigenvalue weighted by Gasteiger charge is -2.14. The van der Waals surface area contributed by atoms with Crippen LogP contribution in [0, 0.1) is 0 Å². The van der Waals surface area contributed by atoms with Gasteiger partial charge in [0.1, 0.15) is 12.4 Å². The molecular formula is C20H27F3N4O2. The number of rotatable bonds is 7. The SMILES string of the molecule is CN=C(NCc1cccc(COCC(F)(F)F)c1)NCc1ncc(C(C)(C)C)o1. The number of oxazole rings is 1. The smallest absolute Gasteiger partial charge is 0.411 e. The summed E-state index contributed by atoms with van der Waals surface area (Å²) < 4.78 is 47.0. The average molecular weight is 412 g/mol. The first-order valence-electron chi connectivity index (χ1n) is 9.19. The predicted octanol–water partition coefficient (Wildman–Crippen LogP) is 3.92. The molecular weight excluding hydrogens is 385 g/mol. The summed E-state index contributed by atoms with van der Waals surface area (Å²) in [5, 5.41) is 6.27. The van der Waals surface area contributed by atoms with E-state index in [4.69, 9.17) is 9.15 Å². The lowest BCUT2D eigenvalue weighted by atomic mass is 9.94. The molecule has 2 N–H and O–H groups in total. The Morgan fingerprint density at radius 2 is 1.83 bits per heavy atom. The highest BCUT2D eigenvalue weighted by molar-refractivity contribution is 5.79. The van der Waals surface area contributed by atoms with E-state index in [0.29, 0.717) is 30.5 Å². The maximum Gasteiger partial charge on any atom is 0.411 e. The summed E-state index contributed by atoms with van der Waals surface area (Å²) in [6.07, 6.45) is -2.60. The normalized spacial score (nSPS) is 12.9. The van der Waals surface area contributed by atoms with Gasteiger partial charge in [-0.2, -0.15) is 13.2 Å². The Balaban J connectivity index is 1.83. The Labute approximate surface area is 168 Å². The molecule has 0 unspecified atom stereocenters. The first-order valence-corrected chi connectivity index (χ1v) is 9.19. The van der Waals surface area contributed by atoms with Gasteiger partial charge in [0.05, 0.1) is 19.3 Å². The number of aliphatic imine (C=N–C) groups is 1. The summed E-state index contributed by atoms with van der Waals surface area (Å²) in [6.45, 7) is 5.62. The largest absolute Gasteiger partial charge is 0.443 e. The zero-order chi connectivity index (χ0) is 21.5. The van der Waals surface area contributed by atoms with E-state index in [1.165, 1.54) is 0 Å². The Bertz CT molecular complexity index is 811. The van der Waals surface area contributed by atoms with Gasteiger partial charge in [0, 0.05) is 19.0 Å². The molecule has 9 heteroatoms. The van der Waals surface area contributed by atoms with Crippen molar-refractivity contribution in [2.24, 2.45) is 4.99 Å². The maximum absolute atomic E-state index is 12.2. The van der Waals surface area contributed by atoms with Crippen LogP contribution < -0.4 is 10.6 Å². The molecule has 0 bridgehead atoms. The van der Waals surface area contributed by atoms with Crippen LogP contribution in [0.4, 0.5) is 13.2 Å². The number of benzene rings is 1. The molecule has 29 heavy (non-hydrogen) atoms. The van der Waals surface area contributed by atoms with Crippen LogP contribution in [0.1, 0.15) is 43.5 Å². The fourth-order valence-corrected chi connectivity index (χ4v) is 2.42. The minimum Gasteiger partial charge on any atom is -0.443 e. The Hall–Kier alpha value is -2.55. The zero-order valence-corrected chi connectivity index (χ0v) is 17.1. The molecule has 0 amide bonds. The number of guanidine groups is 1. The van der Waals surface area contributed by atoms with E-state index in [-0.39, 0.29) is 12.0 Å². The van der Waals surface area contributed by atoms with Crippen molar-refractivity contribution in [3.05, 3.63) is 53.2 Å². The molecule has 0 aliphatic rings. The monoisotopic (exact) mass is 412 g/mol. The molecule has 0 spiro atoms. The third-order valence-corrected chi connectivity index (χ3v) is 3.91. The number of hydrogen-bond donors (Lipinski definition) is 2. The van der Waals surface area contributed by atoms with Gasteiger partial charge < -0.3 is 19.8 Å². The Morgan fingerprint density at radius 1 is 1.14 bits per heavy atom. The average Bonchev–Trinajstić information content (AvgIpc) is 3.11. The highest BCUT2D eigenvalue weighted by Gasteiger charge is 2.27. The predicted molar refractivity (Wildman–Crippen MR) is 104 cm³/mol. The molecule has 0 aliphatic heterocycles. The van der Waals surface area contributed by atoms with Gasteiger partial charge in [-0.1, -0.05) is 45.0 Å². The van der Waals surface area contributed by atoms with Crippen molar-refractivity contribution < 1.29 is 22.3 Å². The molecule has 160 valence electrons. The summed E-state index contributed by atoms with van der Waals surface area (Å²) in [6, 6.07) is 7.17. The topological polar surface area (TPSA) is 71.7 Å². The standard InChI is InChI=1S/C20H27F3N4O2/c1-19(2,3)16-10-25-17(29-16)11-27-18(24-4)26-9-14-6-5-7-15(8-14)12-28-13-20(21,22)23/h5-8,10H,9,11-13H2,1-4H3,(H2,24,26,27). The molecule has 6 nitrogen and oxygen atoms in total. The minimum atomic E-state index is -4.33. The van der Waals surface area contributed by atoms with Gasteiger partial charge in [-0.3, -0.25) is 4.99 Å². The lowest BCUT2D eigenvalue weighted by molar-refractivity contribution is -0.176. The third kappa shape index (κ3) is 8.15. The van der Waals surface area contributed by atoms with Gasteiger partial charge in [0.25, 0.3) is 0 Å². The van der Waals surface area contributed by atoms with E-state index in [1.54, 1.807) is 31.4 Å². The van der Waals surface area contributed by atoms with Gasteiger partial charge in [-0.25, -0.2) is 4.98 Å². The summed E-state index contributed by atoms with van der Waals surface area (Å²) in [7, 11) is 1.65. The van der Waals surface area contributed by atoms with Crippen LogP contribution >= 0.6 is 0 Å². The Kier molecular flexibility index (Phi) is 7.66. The number of aromatic nitrogens is 1. The van der Waals surface area contributed by atoms with E-state index < -0.39 is 12.8 Å². The summed E-state index contributed by atoms with van der Waals surface area (Å²) in [4.78, 5) is 8.41. The first-order chi connectivity index (χ1) is 13.6. The molecule has 0 radical (unpaired) electrons. The lowest BCUT2D eigenvalue weighted by Crippen LogP contribution is -2.36. The molecule has 0 atom stereocenters. The molecule has 0 aliphatic carbocycles. The van der Waals surface area contributed by atoms with Crippen molar-refractivity contribution in [1.29, 1.82) is 0 Å². The second-order valence-corrected chi connectivity index (χ2v) is 7.58. The van der Waals surface area contributed by atoms with Crippen molar-refractivity contribution in [3.63, 3.8) is 0 Å². The molecule has 1 aromatic carbocycles. The molecule has 0 saturated heterocycles. The fraction of sp³-hybridized carbons (Fsp3) is 0.500. The van der Waals surface area contributed by atoms with Crippen LogP contribution in [0.25, 0.3) is 0 Å². The first kappa shape index (κ1) is 22.7. The molecule has 1 aromatic heterocycles. The second kappa shape index (κ2) is 9.78. The summed E-state index contributed by atoms with van der Waals surface area (Å²) in [5.74, 6) is 1.92. The van der Waals surface area contributed by atoms with E-state index in [2.05, 4.69) is 20.6 Å². The van der Waals surface area contributed by atoms with Gasteiger partial charge >= 0.3 is 6.18 Å². The van der Waals surface area contributed by atoms with Gasteiger partial charge in [-0.05, 0) is 11.1 Å². The summed E-state index contributed by atoms with van der Waals surface area (Å²) in [5.41, 5.74) is 1.46. The van der Waals surface area contributed by atoms with Gasteiger partial charge in [0.15, 0.2) is 5.96 Å². The van der Waals surface area contributed by atoms with Crippen LogP contribution in [0.15, 0.2) is 39.9 Å². The molecule has 0 saturated carbocycles. The fourth-order valence-electron chi connectivity index (χ4n) is 2.42. The van der Waals surface area contributed by atoms with Crippen LogP contribution in [-0.4, -0.2) is 30.8 Å². The Morgan fingerprint density at radius 3 is 2.45 bits per heavy atom. The van der Waals surface area contributed by atoms with E-state index in [0.717, 1.165) is 11.3 Å². The number of nitrogens with one attached hydrogen (secondary N) is 2. The van der Waals surface area contributed by atoms with Crippen LogP contribution in [0.2, 0.25) is 0 Å². The van der Waals surface area contributed by atoms with Crippen molar-refractivity contribution >= 4 is 5.96 Å². The number of ether oxygens (including phenoxy) is 1. The van der Waals surface area contributed by atoms with Crippen LogP contribution in [-0.2, 0) is 29.8 Å². The summed E-state index contributed by atoms with van der Waals surface area (Å²) >= 11 is 0. The van der Waals surface area contributed by atoms with Gasteiger partial charge in [0.2, 0.25) is 5.89 Å². The van der Waals surface area contributed by atoms with Crippen molar-refractivity contribution in [2.45, 2.75) is 52.1 Å². The molecule has 1 heterocycles. The number of alkyl halides is 3. The van der Waals surface area contributed by atoms with Crippen molar-refractivity contribution in [1.82, 2.24) is 15.6 Å². The number of halogens is 3. The van der Waals surface area contributed by atoms with Gasteiger partial charge in [-0.15, -0.1) is 0 Å². The third-order valence-electron chi connectivity index (χ3n) is 3.91. The van der Waals surface area contributed by atoms with Crippen molar-refractivity contribution in [2.75, 3.05) is 13.7 Å². The molecule has 0 fully saturated rings. The highest BCUT2D eigenvalue weighted by atomic mass is 19.4. The second-order valence-electron chi connectivity index (χ2n) is 7.58. The van der Waals surface area contributed by atoms with Crippen LogP contribution in [0.3, 0.4) is 0 Å². The highest BCUT2D eigenvalue weighted by Crippen LogP contribution is 2.22. The molecule has 2 rings (SSSR count). The number of hydrogen-bond acceptors (Lipinski definition) is 4. The van der Waals surface area contributed by atoms with E-state index >= 15 is 0 Å².